The molecular formula is C10H20OSi. The molecule has 0 spiro atoms. The van der Waals surface area contributed by atoms with Gasteiger partial charge in [0.2, 0.25) is 0 Å². The minimum Gasteiger partial charge on any atom is -0.416 e. The summed E-state index contributed by atoms with van der Waals surface area (Å²) in [6, 6.07) is 0. The van der Waals surface area contributed by atoms with Crippen molar-refractivity contribution in [1.82, 2.24) is 0 Å². The van der Waals surface area contributed by atoms with Crippen molar-refractivity contribution in [1.29, 1.82) is 0 Å². The molecule has 12 heavy (non-hydrogen) atoms. The Bertz CT molecular complexity index is 135. The summed E-state index contributed by atoms with van der Waals surface area (Å²) >= 11 is 0. The molecule has 0 rings (SSSR count). The van der Waals surface area contributed by atoms with E-state index in [1.165, 1.54) is 19.3 Å². The van der Waals surface area contributed by atoms with Crippen LogP contribution in [-0.2, 0) is 4.43 Å². The largest absolute Gasteiger partial charge is 0.416 e. The Morgan fingerprint density at radius 2 is 1.92 bits per heavy atom. The van der Waals surface area contributed by atoms with Crippen molar-refractivity contribution < 1.29 is 4.43 Å². The Morgan fingerprint density at radius 3 is 2.25 bits per heavy atom. The van der Waals surface area contributed by atoms with Crippen LogP contribution in [0.2, 0.25) is 0 Å². The number of rotatable bonds is 7. The highest BCUT2D eigenvalue weighted by Gasteiger charge is 2.19. The highest BCUT2D eigenvalue weighted by Crippen LogP contribution is 2.21. The van der Waals surface area contributed by atoms with Crippen LogP contribution in [0.3, 0.4) is 0 Å². The lowest BCUT2D eigenvalue weighted by Crippen LogP contribution is -2.25. The Labute approximate surface area is 79.1 Å². The molecule has 0 bridgehead atoms. The molecule has 0 radical (unpaired) electrons. The van der Waals surface area contributed by atoms with Gasteiger partial charge in [-0.05, 0) is 12.8 Å². The van der Waals surface area contributed by atoms with Crippen LogP contribution >= 0.6 is 0 Å². The molecule has 0 saturated carbocycles. The first-order chi connectivity index (χ1) is 5.74. The molecular weight excluding hydrogens is 164 g/mol. The lowest BCUT2D eigenvalue weighted by molar-refractivity contribution is 0.174. The van der Waals surface area contributed by atoms with Gasteiger partial charge in [-0.25, -0.2) is 0 Å². The number of hydrogen-bond donors (Lipinski definition) is 0. The predicted molar refractivity (Wildman–Crippen MR) is 58.3 cm³/mol. The predicted octanol–water partition coefficient (Wildman–Crippen LogP) is 1.97. The minimum atomic E-state index is -0.235. The highest BCUT2D eigenvalue weighted by atomic mass is 28.2. The molecule has 70 valence electrons. The molecule has 0 amide bonds. The van der Waals surface area contributed by atoms with Gasteiger partial charge in [-0.1, -0.05) is 45.1 Å². The van der Waals surface area contributed by atoms with E-state index >= 15 is 0 Å². The first kappa shape index (κ1) is 11.7. The van der Waals surface area contributed by atoms with Crippen LogP contribution in [0, 0.1) is 0 Å². The van der Waals surface area contributed by atoms with Crippen LogP contribution in [0.15, 0.2) is 25.3 Å². The molecule has 0 aliphatic carbocycles. The third-order valence-electron chi connectivity index (χ3n) is 2.24. The summed E-state index contributed by atoms with van der Waals surface area (Å²) in [7, 11) is 0.741. The third-order valence-corrected chi connectivity index (χ3v) is 3.00. The van der Waals surface area contributed by atoms with Crippen LogP contribution in [-0.4, -0.2) is 16.1 Å². The molecule has 0 N–H and O–H groups in total. The van der Waals surface area contributed by atoms with E-state index in [4.69, 9.17) is 4.43 Å². The molecule has 0 atom stereocenters. The first-order valence-corrected chi connectivity index (χ1v) is 5.38. The normalized spacial score (nSPS) is 11.4. The van der Waals surface area contributed by atoms with E-state index in [9.17, 15) is 0 Å². The van der Waals surface area contributed by atoms with E-state index in [-0.39, 0.29) is 5.60 Å². The molecule has 0 aromatic heterocycles. The van der Waals surface area contributed by atoms with Gasteiger partial charge in [0.1, 0.15) is 10.5 Å². The Morgan fingerprint density at radius 1 is 1.33 bits per heavy atom. The number of unbranched alkanes of at least 4 members (excludes halogenated alkanes) is 2. The summed E-state index contributed by atoms with van der Waals surface area (Å²) in [6.07, 6.45) is 8.44. The van der Waals surface area contributed by atoms with Gasteiger partial charge in [-0.3, -0.25) is 0 Å². The topological polar surface area (TPSA) is 9.23 Å². The molecule has 0 aliphatic heterocycles. The quantitative estimate of drug-likeness (QED) is 0.334. The van der Waals surface area contributed by atoms with Crippen LogP contribution in [0.5, 0.6) is 0 Å². The van der Waals surface area contributed by atoms with Gasteiger partial charge in [0.05, 0.1) is 5.60 Å². The van der Waals surface area contributed by atoms with E-state index in [0.29, 0.717) is 0 Å². The van der Waals surface area contributed by atoms with Crippen LogP contribution in [0.25, 0.3) is 0 Å². The number of hydrogen-bond acceptors (Lipinski definition) is 1. The van der Waals surface area contributed by atoms with Gasteiger partial charge in [0.15, 0.2) is 0 Å². The fourth-order valence-electron chi connectivity index (χ4n) is 1.21. The van der Waals surface area contributed by atoms with E-state index in [1.54, 1.807) is 0 Å². The van der Waals surface area contributed by atoms with Crippen molar-refractivity contribution in [3.8, 4) is 0 Å². The molecule has 0 aromatic rings. The van der Waals surface area contributed by atoms with Gasteiger partial charge in [0, 0.05) is 0 Å². The van der Waals surface area contributed by atoms with E-state index in [0.717, 1.165) is 16.9 Å². The van der Waals surface area contributed by atoms with Crippen molar-refractivity contribution in [2.75, 3.05) is 0 Å². The molecule has 2 heteroatoms. The van der Waals surface area contributed by atoms with Crippen LogP contribution in [0.1, 0.15) is 32.6 Å². The molecule has 0 saturated heterocycles. The van der Waals surface area contributed by atoms with Crippen molar-refractivity contribution in [2.45, 2.75) is 38.2 Å². The average Bonchev–Trinajstić information content (AvgIpc) is 2.14. The third kappa shape index (κ3) is 3.37. The maximum absolute atomic E-state index is 5.49. The summed E-state index contributed by atoms with van der Waals surface area (Å²) in [4.78, 5) is 0. The maximum Gasteiger partial charge on any atom is 0.147 e. The standard InChI is InChI=1S/C10H20OSi/c1-4-7-8-9-10(5-2,6-3)11-12/h5-6H,2-4,7-9H2,1,12H3. The van der Waals surface area contributed by atoms with Gasteiger partial charge >= 0.3 is 0 Å². The maximum atomic E-state index is 5.49. The van der Waals surface area contributed by atoms with Gasteiger partial charge in [-0.15, -0.1) is 0 Å². The second-order valence-electron chi connectivity index (χ2n) is 3.02. The molecule has 0 aromatic carbocycles. The van der Waals surface area contributed by atoms with E-state index in [1.807, 2.05) is 12.2 Å². The second-order valence-corrected chi connectivity index (χ2v) is 3.43. The average molecular weight is 184 g/mol. The van der Waals surface area contributed by atoms with Gasteiger partial charge in [-0.2, -0.15) is 0 Å². The zero-order chi connectivity index (χ0) is 9.45. The van der Waals surface area contributed by atoms with Crippen molar-refractivity contribution in [3.05, 3.63) is 25.3 Å². The fraction of sp³-hybridized carbons (Fsp3) is 0.600. The van der Waals surface area contributed by atoms with Gasteiger partial charge < -0.3 is 4.43 Å². The smallest absolute Gasteiger partial charge is 0.147 e. The monoisotopic (exact) mass is 184 g/mol. The summed E-state index contributed by atoms with van der Waals surface area (Å²) in [5, 5.41) is 0. The minimum absolute atomic E-state index is 0.235. The highest BCUT2D eigenvalue weighted by molar-refractivity contribution is 5.98. The lowest BCUT2D eigenvalue weighted by Gasteiger charge is -2.25. The summed E-state index contributed by atoms with van der Waals surface area (Å²) in [5.74, 6) is 0. The van der Waals surface area contributed by atoms with Crippen LogP contribution < -0.4 is 0 Å². The molecule has 0 heterocycles. The van der Waals surface area contributed by atoms with E-state index in [2.05, 4.69) is 20.1 Å². The van der Waals surface area contributed by atoms with E-state index < -0.39 is 0 Å². The molecule has 1 nitrogen and oxygen atoms in total. The molecule has 0 unspecified atom stereocenters. The van der Waals surface area contributed by atoms with Crippen molar-refractivity contribution in [2.24, 2.45) is 0 Å². The Kier molecular flexibility index (Phi) is 6.03. The summed E-state index contributed by atoms with van der Waals surface area (Å²) in [6.45, 7) is 9.76. The molecule has 0 aliphatic rings. The zero-order valence-corrected chi connectivity index (χ0v) is 10.3. The molecule has 0 fully saturated rings. The zero-order valence-electron chi connectivity index (χ0n) is 8.31. The summed E-state index contributed by atoms with van der Waals surface area (Å²) < 4.78 is 5.49. The Balaban J connectivity index is 3.93. The lowest BCUT2D eigenvalue weighted by atomic mass is 9.97. The van der Waals surface area contributed by atoms with Gasteiger partial charge in [0.25, 0.3) is 0 Å². The SMILES string of the molecule is C=CC(C=C)(CCCCC)O[SiH3]. The Hall–Kier alpha value is -0.343. The van der Waals surface area contributed by atoms with Crippen LogP contribution in [0.4, 0.5) is 0 Å². The van der Waals surface area contributed by atoms with Crippen molar-refractivity contribution in [3.63, 3.8) is 0 Å². The summed E-state index contributed by atoms with van der Waals surface area (Å²) in [5.41, 5.74) is -0.235. The second kappa shape index (κ2) is 6.20. The van der Waals surface area contributed by atoms with Crippen molar-refractivity contribution >= 4 is 10.5 Å². The first-order valence-electron chi connectivity index (χ1n) is 4.57. The fourth-order valence-corrected chi connectivity index (χ4v) is 1.74.